The van der Waals surface area contributed by atoms with E-state index >= 15 is 0 Å². The molecule has 1 nitrogen and oxygen atoms in total. The summed E-state index contributed by atoms with van der Waals surface area (Å²) in [5.41, 5.74) is 1.13. The normalized spacial score (nSPS) is 11.1. The van der Waals surface area contributed by atoms with E-state index in [1.54, 1.807) is 0 Å². The quantitative estimate of drug-likeness (QED) is 0.725. The highest BCUT2D eigenvalue weighted by molar-refractivity contribution is 5.86. The molecule has 2 rings (SSSR count). The maximum absolute atomic E-state index is 11.9. The summed E-state index contributed by atoms with van der Waals surface area (Å²) in [6.07, 6.45) is 3.45. The Morgan fingerprint density at radius 3 is 2.53 bits per heavy atom. The van der Waals surface area contributed by atoms with Gasteiger partial charge in [0.15, 0.2) is 0 Å². The van der Waals surface area contributed by atoms with Crippen molar-refractivity contribution in [2.75, 3.05) is 0 Å². The summed E-state index contributed by atoms with van der Waals surface area (Å²) >= 11 is 0. The van der Waals surface area contributed by atoms with Crippen LogP contribution in [0.15, 0.2) is 42.5 Å². The Hall–Kier alpha value is -1.63. The van der Waals surface area contributed by atoms with Crippen LogP contribution in [0.4, 0.5) is 0 Å². The van der Waals surface area contributed by atoms with Crippen molar-refractivity contribution in [3.8, 4) is 0 Å². The highest BCUT2D eigenvalue weighted by Gasteiger charge is 2.05. The molecular formula is C18H22O. The molecule has 0 saturated heterocycles. The second-order valence-electron chi connectivity index (χ2n) is 5.68. The van der Waals surface area contributed by atoms with Gasteiger partial charge < -0.3 is 0 Å². The summed E-state index contributed by atoms with van der Waals surface area (Å²) in [4.78, 5) is 11.9. The Morgan fingerprint density at radius 1 is 1.05 bits per heavy atom. The molecule has 2 aromatic rings. The topological polar surface area (TPSA) is 17.1 Å². The fourth-order valence-corrected chi connectivity index (χ4v) is 2.37. The van der Waals surface area contributed by atoms with Gasteiger partial charge in [-0.2, -0.15) is 0 Å². The first-order chi connectivity index (χ1) is 9.15. The van der Waals surface area contributed by atoms with Crippen molar-refractivity contribution in [3.63, 3.8) is 0 Å². The summed E-state index contributed by atoms with van der Waals surface area (Å²) in [7, 11) is 0. The van der Waals surface area contributed by atoms with Crippen LogP contribution >= 0.6 is 0 Å². The molecule has 0 amide bonds. The molecule has 0 spiro atoms. The van der Waals surface area contributed by atoms with E-state index in [-0.39, 0.29) is 0 Å². The van der Waals surface area contributed by atoms with E-state index in [4.69, 9.17) is 0 Å². The molecule has 1 heteroatoms. The number of hydrogen-bond donors (Lipinski definition) is 0. The van der Waals surface area contributed by atoms with Crippen molar-refractivity contribution in [3.05, 3.63) is 48.0 Å². The minimum atomic E-state index is 0.357. The van der Waals surface area contributed by atoms with Crippen LogP contribution in [-0.2, 0) is 11.2 Å². The van der Waals surface area contributed by atoms with E-state index in [0.29, 0.717) is 24.5 Å². The zero-order valence-electron chi connectivity index (χ0n) is 11.9. The van der Waals surface area contributed by atoms with Gasteiger partial charge in [0.25, 0.3) is 0 Å². The third-order valence-corrected chi connectivity index (χ3v) is 3.45. The van der Waals surface area contributed by atoms with Gasteiger partial charge in [-0.15, -0.1) is 0 Å². The van der Waals surface area contributed by atoms with Crippen molar-refractivity contribution in [2.24, 2.45) is 5.92 Å². The van der Waals surface area contributed by atoms with E-state index in [0.717, 1.165) is 18.4 Å². The molecule has 0 bridgehead atoms. The minimum absolute atomic E-state index is 0.357. The molecule has 0 atom stereocenters. The molecule has 0 saturated carbocycles. The van der Waals surface area contributed by atoms with Crippen molar-refractivity contribution >= 4 is 16.6 Å². The molecule has 2 aromatic carbocycles. The molecule has 0 fully saturated rings. The van der Waals surface area contributed by atoms with Gasteiger partial charge in [-0.1, -0.05) is 62.7 Å². The number of fused-ring (bicyclic) bond motifs is 1. The lowest BCUT2D eigenvalue weighted by Crippen LogP contribution is -2.03. The van der Waals surface area contributed by atoms with E-state index in [1.807, 2.05) is 12.1 Å². The molecule has 0 N–H and O–H groups in total. The Labute approximate surface area is 115 Å². The summed E-state index contributed by atoms with van der Waals surface area (Å²) in [6.45, 7) is 4.40. The van der Waals surface area contributed by atoms with Gasteiger partial charge in [-0.05, 0) is 28.7 Å². The van der Waals surface area contributed by atoms with Crippen LogP contribution in [0.25, 0.3) is 10.8 Å². The SMILES string of the molecule is CC(C)CCCC(=O)Cc1ccc2ccccc2c1. The zero-order valence-corrected chi connectivity index (χ0v) is 11.9. The van der Waals surface area contributed by atoms with Gasteiger partial charge >= 0.3 is 0 Å². The molecule has 0 aliphatic carbocycles. The van der Waals surface area contributed by atoms with Gasteiger partial charge in [-0.25, -0.2) is 0 Å². The molecule has 0 aliphatic rings. The average Bonchev–Trinajstić information content (AvgIpc) is 2.38. The molecule has 0 unspecified atom stereocenters. The standard InChI is InChI=1S/C18H22O/c1-14(2)6-5-9-18(19)13-15-10-11-16-7-3-4-8-17(16)12-15/h3-4,7-8,10-12,14H,5-6,9,13H2,1-2H3. The third kappa shape index (κ3) is 4.20. The van der Waals surface area contributed by atoms with Gasteiger partial charge in [0, 0.05) is 12.8 Å². The molecule has 0 heterocycles. The fraction of sp³-hybridized carbons (Fsp3) is 0.389. The molecule has 0 aliphatic heterocycles. The highest BCUT2D eigenvalue weighted by atomic mass is 16.1. The van der Waals surface area contributed by atoms with Crippen LogP contribution < -0.4 is 0 Å². The minimum Gasteiger partial charge on any atom is -0.299 e. The highest BCUT2D eigenvalue weighted by Crippen LogP contribution is 2.17. The lowest BCUT2D eigenvalue weighted by molar-refractivity contribution is -0.118. The summed E-state index contributed by atoms with van der Waals surface area (Å²) in [5, 5.41) is 2.45. The maximum Gasteiger partial charge on any atom is 0.137 e. The number of carbonyl (C=O) groups excluding carboxylic acids is 1. The third-order valence-electron chi connectivity index (χ3n) is 3.45. The predicted octanol–water partition coefficient (Wildman–Crippen LogP) is 4.78. The Kier molecular flexibility index (Phi) is 4.73. The Bertz CT molecular complexity index is 554. The summed E-state index contributed by atoms with van der Waals surface area (Å²) in [5.74, 6) is 1.05. The average molecular weight is 254 g/mol. The van der Waals surface area contributed by atoms with E-state index in [1.165, 1.54) is 10.8 Å². The first-order valence-corrected chi connectivity index (χ1v) is 7.14. The van der Waals surface area contributed by atoms with Crippen molar-refractivity contribution in [1.29, 1.82) is 0 Å². The first kappa shape index (κ1) is 13.8. The van der Waals surface area contributed by atoms with Crippen LogP contribution in [-0.4, -0.2) is 5.78 Å². The van der Waals surface area contributed by atoms with Gasteiger partial charge in [-0.3, -0.25) is 4.79 Å². The predicted molar refractivity (Wildman–Crippen MR) is 81.3 cm³/mol. The van der Waals surface area contributed by atoms with E-state index in [9.17, 15) is 4.79 Å². The first-order valence-electron chi connectivity index (χ1n) is 7.14. The lowest BCUT2D eigenvalue weighted by Gasteiger charge is -2.05. The largest absolute Gasteiger partial charge is 0.299 e. The van der Waals surface area contributed by atoms with E-state index < -0.39 is 0 Å². The lowest BCUT2D eigenvalue weighted by atomic mass is 9.99. The summed E-state index contributed by atoms with van der Waals surface area (Å²) in [6, 6.07) is 14.6. The number of carbonyl (C=O) groups is 1. The van der Waals surface area contributed by atoms with Crippen LogP contribution in [0.1, 0.15) is 38.7 Å². The molecule has 100 valence electrons. The second-order valence-corrected chi connectivity index (χ2v) is 5.68. The van der Waals surface area contributed by atoms with Gasteiger partial charge in [0.1, 0.15) is 5.78 Å². The summed E-state index contributed by atoms with van der Waals surface area (Å²) < 4.78 is 0. The number of Topliss-reactive ketones (excluding diaryl/α,β-unsaturated/α-hetero) is 1. The Morgan fingerprint density at radius 2 is 1.79 bits per heavy atom. The van der Waals surface area contributed by atoms with Crippen molar-refractivity contribution in [1.82, 2.24) is 0 Å². The van der Waals surface area contributed by atoms with Crippen LogP contribution in [0.2, 0.25) is 0 Å². The molecule has 0 radical (unpaired) electrons. The number of benzene rings is 2. The van der Waals surface area contributed by atoms with Gasteiger partial charge in [0.05, 0.1) is 0 Å². The van der Waals surface area contributed by atoms with Crippen molar-refractivity contribution < 1.29 is 4.79 Å². The smallest absolute Gasteiger partial charge is 0.137 e. The number of rotatable bonds is 6. The van der Waals surface area contributed by atoms with Crippen LogP contribution in [0.3, 0.4) is 0 Å². The molecule has 0 aromatic heterocycles. The second kappa shape index (κ2) is 6.51. The Balaban J connectivity index is 1.95. The number of ketones is 1. The molecular weight excluding hydrogens is 232 g/mol. The van der Waals surface area contributed by atoms with Gasteiger partial charge in [0.2, 0.25) is 0 Å². The zero-order chi connectivity index (χ0) is 13.7. The number of hydrogen-bond acceptors (Lipinski definition) is 1. The maximum atomic E-state index is 11.9. The fourth-order valence-electron chi connectivity index (χ4n) is 2.37. The van der Waals surface area contributed by atoms with Crippen LogP contribution in [0.5, 0.6) is 0 Å². The van der Waals surface area contributed by atoms with Crippen LogP contribution in [0, 0.1) is 5.92 Å². The van der Waals surface area contributed by atoms with E-state index in [2.05, 4.69) is 44.2 Å². The monoisotopic (exact) mass is 254 g/mol. The van der Waals surface area contributed by atoms with Crippen molar-refractivity contribution in [2.45, 2.75) is 39.5 Å². The molecule has 19 heavy (non-hydrogen) atoms.